The van der Waals surface area contributed by atoms with Gasteiger partial charge in [0.1, 0.15) is 11.0 Å². The van der Waals surface area contributed by atoms with Crippen molar-refractivity contribution in [2.45, 2.75) is 37.8 Å². The van der Waals surface area contributed by atoms with E-state index in [0.29, 0.717) is 0 Å². The minimum Gasteiger partial charge on any atom is -0.392 e. The van der Waals surface area contributed by atoms with E-state index in [0.717, 1.165) is 10.5 Å². The molecule has 0 bridgehead atoms. The highest BCUT2D eigenvalue weighted by Gasteiger charge is 2.14. The zero-order valence-electron chi connectivity index (χ0n) is 9.28. The van der Waals surface area contributed by atoms with Gasteiger partial charge >= 0.3 is 0 Å². The first-order valence-corrected chi connectivity index (χ1v) is 5.97. The molecule has 1 aromatic rings. The van der Waals surface area contributed by atoms with Crippen LogP contribution in [-0.4, -0.2) is 14.9 Å². The molecule has 0 heterocycles. The molecule has 0 spiro atoms. The van der Waals surface area contributed by atoms with E-state index in [1.165, 1.54) is 0 Å². The third-order valence-corrected chi connectivity index (χ3v) is 3.22. The van der Waals surface area contributed by atoms with Crippen molar-refractivity contribution in [2.75, 3.05) is 0 Å². The maximum atomic E-state index is 11.8. The summed E-state index contributed by atoms with van der Waals surface area (Å²) >= 11 is 0. The van der Waals surface area contributed by atoms with Gasteiger partial charge in [0, 0.05) is 5.54 Å². The largest absolute Gasteiger partial charge is 0.392 e. The van der Waals surface area contributed by atoms with Gasteiger partial charge in [-0.25, -0.2) is 8.93 Å². The Morgan fingerprint density at radius 3 is 2.20 bits per heavy atom. The van der Waals surface area contributed by atoms with Gasteiger partial charge in [0.25, 0.3) is 0 Å². The van der Waals surface area contributed by atoms with Crippen LogP contribution in [0.5, 0.6) is 0 Å². The topological polar surface area (TPSA) is 49.3 Å². The van der Waals surface area contributed by atoms with Gasteiger partial charge in [0.2, 0.25) is 0 Å². The summed E-state index contributed by atoms with van der Waals surface area (Å²) in [5.41, 5.74) is 0.645. The van der Waals surface area contributed by atoms with Crippen molar-refractivity contribution >= 4 is 11.0 Å². The van der Waals surface area contributed by atoms with Crippen molar-refractivity contribution < 1.29 is 9.32 Å². The fraction of sp³-hybridized carbons (Fsp3) is 0.455. The van der Waals surface area contributed by atoms with E-state index in [9.17, 15) is 4.21 Å². The average Bonchev–Trinajstić information content (AvgIpc) is 2.15. The molecule has 0 amide bonds. The first kappa shape index (κ1) is 12.4. The lowest BCUT2D eigenvalue weighted by Gasteiger charge is -2.19. The third kappa shape index (κ3) is 4.11. The molecule has 1 rings (SSSR count). The molecule has 0 aromatic heterocycles. The van der Waals surface area contributed by atoms with E-state index < -0.39 is 11.0 Å². The van der Waals surface area contributed by atoms with Crippen LogP contribution in [0.15, 0.2) is 29.2 Å². The minimum atomic E-state index is -1.19. The lowest BCUT2D eigenvalue weighted by molar-refractivity contribution is 0.282. The molecule has 3 nitrogen and oxygen atoms in total. The molecule has 0 saturated heterocycles. The first-order valence-electron chi connectivity index (χ1n) is 4.82. The van der Waals surface area contributed by atoms with Crippen molar-refractivity contribution in [3.05, 3.63) is 29.8 Å². The summed E-state index contributed by atoms with van der Waals surface area (Å²) in [6.45, 7) is 5.91. The van der Waals surface area contributed by atoms with Crippen LogP contribution in [0.2, 0.25) is 0 Å². The molecule has 0 radical (unpaired) electrons. The third-order valence-electron chi connectivity index (χ3n) is 1.72. The second kappa shape index (κ2) is 4.88. The molecule has 1 atom stereocenters. The van der Waals surface area contributed by atoms with Crippen LogP contribution < -0.4 is 4.72 Å². The number of aliphatic hydroxyl groups excluding tert-OH is 1. The second-order valence-corrected chi connectivity index (χ2v) is 5.64. The Kier molecular flexibility index (Phi) is 4.02. The molecular formula is C11H17NO2S. The minimum absolute atomic E-state index is 0.0135. The Balaban J connectivity index is 2.75. The quantitative estimate of drug-likeness (QED) is 0.824. The van der Waals surface area contributed by atoms with Gasteiger partial charge in [-0.05, 0) is 38.5 Å². The molecule has 1 aromatic carbocycles. The van der Waals surface area contributed by atoms with Crippen LogP contribution in [0.4, 0.5) is 0 Å². The van der Waals surface area contributed by atoms with Crippen LogP contribution >= 0.6 is 0 Å². The fourth-order valence-electron chi connectivity index (χ4n) is 1.06. The first-order chi connectivity index (χ1) is 6.92. The van der Waals surface area contributed by atoms with Crippen molar-refractivity contribution in [2.24, 2.45) is 0 Å². The summed E-state index contributed by atoms with van der Waals surface area (Å²) in [5.74, 6) is 0. The summed E-state index contributed by atoms with van der Waals surface area (Å²) in [7, 11) is -1.19. The molecule has 1 unspecified atom stereocenters. The molecule has 84 valence electrons. The highest BCUT2D eigenvalue weighted by molar-refractivity contribution is 7.83. The standard InChI is InChI=1S/C11H17NO2S/c1-11(2,3)12-15(14)10-6-4-9(8-13)5-7-10/h4-7,12-13H,8H2,1-3H3. The highest BCUT2D eigenvalue weighted by Crippen LogP contribution is 2.10. The Morgan fingerprint density at radius 2 is 1.80 bits per heavy atom. The van der Waals surface area contributed by atoms with Crippen LogP contribution in [-0.2, 0) is 17.6 Å². The molecule has 2 N–H and O–H groups in total. The molecular weight excluding hydrogens is 210 g/mol. The summed E-state index contributed by atoms with van der Waals surface area (Å²) in [4.78, 5) is 0.724. The monoisotopic (exact) mass is 227 g/mol. The van der Waals surface area contributed by atoms with Crippen molar-refractivity contribution in [3.8, 4) is 0 Å². The summed E-state index contributed by atoms with van der Waals surface area (Å²) in [6, 6.07) is 7.08. The van der Waals surface area contributed by atoms with E-state index in [1.54, 1.807) is 24.3 Å². The van der Waals surface area contributed by atoms with E-state index in [1.807, 2.05) is 20.8 Å². The maximum absolute atomic E-state index is 11.8. The van der Waals surface area contributed by atoms with E-state index in [-0.39, 0.29) is 12.1 Å². The number of rotatable bonds is 3. The summed E-state index contributed by atoms with van der Waals surface area (Å²) in [6.07, 6.45) is 0. The zero-order valence-corrected chi connectivity index (χ0v) is 10.1. The SMILES string of the molecule is CC(C)(C)NS(=O)c1ccc(CO)cc1. The number of nitrogens with one attached hydrogen (secondary N) is 1. The highest BCUT2D eigenvalue weighted by atomic mass is 32.2. The van der Waals surface area contributed by atoms with Crippen molar-refractivity contribution in [1.82, 2.24) is 4.72 Å². The fourth-order valence-corrected chi connectivity index (χ4v) is 2.11. The molecule has 0 aliphatic heterocycles. The van der Waals surface area contributed by atoms with Crippen LogP contribution in [0, 0.1) is 0 Å². The molecule has 15 heavy (non-hydrogen) atoms. The van der Waals surface area contributed by atoms with E-state index >= 15 is 0 Å². The molecule has 0 saturated carbocycles. The Hall–Kier alpha value is -0.710. The number of hydrogen-bond acceptors (Lipinski definition) is 2. The smallest absolute Gasteiger partial charge is 0.125 e. The zero-order chi connectivity index (χ0) is 11.5. The van der Waals surface area contributed by atoms with Gasteiger partial charge in [0.05, 0.1) is 11.5 Å². The summed E-state index contributed by atoms with van der Waals surface area (Å²) < 4.78 is 14.8. The van der Waals surface area contributed by atoms with Crippen LogP contribution in [0.3, 0.4) is 0 Å². The number of hydrogen-bond donors (Lipinski definition) is 2. The van der Waals surface area contributed by atoms with Gasteiger partial charge in [-0.15, -0.1) is 0 Å². The van der Waals surface area contributed by atoms with E-state index in [4.69, 9.17) is 5.11 Å². The van der Waals surface area contributed by atoms with Crippen LogP contribution in [0.25, 0.3) is 0 Å². The molecule has 0 aliphatic carbocycles. The van der Waals surface area contributed by atoms with Crippen molar-refractivity contribution in [1.29, 1.82) is 0 Å². The van der Waals surface area contributed by atoms with Crippen LogP contribution in [0.1, 0.15) is 26.3 Å². The Labute approximate surface area is 93.1 Å². The predicted molar refractivity (Wildman–Crippen MR) is 61.7 cm³/mol. The van der Waals surface area contributed by atoms with Gasteiger partial charge in [-0.1, -0.05) is 12.1 Å². The summed E-state index contributed by atoms with van der Waals surface area (Å²) in [5, 5.41) is 8.86. The normalized spacial score (nSPS) is 13.9. The van der Waals surface area contributed by atoms with Gasteiger partial charge in [0.15, 0.2) is 0 Å². The molecule has 0 fully saturated rings. The molecule has 4 heteroatoms. The van der Waals surface area contributed by atoms with Crippen molar-refractivity contribution in [3.63, 3.8) is 0 Å². The average molecular weight is 227 g/mol. The lowest BCUT2D eigenvalue weighted by atomic mass is 10.1. The second-order valence-electron chi connectivity index (χ2n) is 4.42. The predicted octanol–water partition coefficient (Wildman–Crippen LogP) is 1.59. The molecule has 0 aliphatic rings. The lowest BCUT2D eigenvalue weighted by Crippen LogP contribution is -2.37. The Bertz CT molecular complexity index is 341. The Morgan fingerprint density at radius 1 is 1.27 bits per heavy atom. The number of benzene rings is 1. The van der Waals surface area contributed by atoms with E-state index in [2.05, 4.69) is 4.72 Å². The number of aliphatic hydroxyl groups is 1. The van der Waals surface area contributed by atoms with Gasteiger partial charge in [-0.3, -0.25) is 0 Å². The maximum Gasteiger partial charge on any atom is 0.125 e. The van der Waals surface area contributed by atoms with Gasteiger partial charge in [-0.2, -0.15) is 0 Å². The van der Waals surface area contributed by atoms with Gasteiger partial charge < -0.3 is 5.11 Å².